The van der Waals surface area contributed by atoms with Gasteiger partial charge in [-0.25, -0.2) is 0 Å². The van der Waals surface area contributed by atoms with E-state index < -0.39 is 6.61 Å². The highest BCUT2D eigenvalue weighted by Crippen LogP contribution is 2.17. The number of ether oxygens (including phenoxy) is 2. The summed E-state index contributed by atoms with van der Waals surface area (Å²) in [6, 6.07) is 6.39. The van der Waals surface area contributed by atoms with Crippen molar-refractivity contribution in [2.24, 2.45) is 0 Å². The van der Waals surface area contributed by atoms with Crippen LogP contribution in [0.25, 0.3) is 0 Å². The highest BCUT2D eigenvalue weighted by atomic mass is 19.3. The van der Waals surface area contributed by atoms with Crippen molar-refractivity contribution in [3.8, 4) is 5.75 Å². The van der Waals surface area contributed by atoms with Crippen LogP contribution in [0.3, 0.4) is 0 Å². The molecule has 0 fully saturated rings. The molecular weight excluding hydrogens is 228 g/mol. The molecule has 0 amide bonds. The van der Waals surface area contributed by atoms with E-state index in [-0.39, 0.29) is 5.75 Å². The molecule has 0 atom stereocenters. The van der Waals surface area contributed by atoms with E-state index in [0.717, 1.165) is 18.7 Å². The lowest BCUT2D eigenvalue weighted by Crippen LogP contribution is -2.09. The lowest BCUT2D eigenvalue weighted by molar-refractivity contribution is -0.0498. The molecule has 96 valence electrons. The van der Waals surface area contributed by atoms with Crippen LogP contribution in [-0.4, -0.2) is 26.4 Å². The molecule has 1 rings (SSSR count). The molecule has 0 radical (unpaired) electrons. The fourth-order valence-corrected chi connectivity index (χ4v) is 1.27. The second-order valence-corrected chi connectivity index (χ2v) is 3.44. The SMILES string of the molecule is CCCOCCNc1ccc(OC(F)F)cc1. The molecule has 1 N–H and O–H groups in total. The Balaban J connectivity index is 2.25. The maximum atomic E-state index is 11.9. The highest BCUT2D eigenvalue weighted by molar-refractivity contribution is 5.46. The molecule has 0 bridgehead atoms. The van der Waals surface area contributed by atoms with Crippen molar-refractivity contribution < 1.29 is 18.3 Å². The Bertz CT molecular complexity index is 304. The van der Waals surface area contributed by atoms with Gasteiger partial charge in [-0.15, -0.1) is 0 Å². The van der Waals surface area contributed by atoms with Gasteiger partial charge in [-0.1, -0.05) is 6.92 Å². The first-order chi connectivity index (χ1) is 8.22. The molecule has 0 spiro atoms. The summed E-state index contributed by atoms with van der Waals surface area (Å²) < 4.78 is 33.3. The standard InChI is InChI=1S/C12H17F2NO2/c1-2-8-16-9-7-15-10-3-5-11(6-4-10)17-12(13)14/h3-6,12,15H,2,7-9H2,1H3. The van der Waals surface area contributed by atoms with Crippen molar-refractivity contribution in [3.63, 3.8) is 0 Å². The van der Waals surface area contributed by atoms with Crippen LogP contribution in [0, 0.1) is 0 Å². The van der Waals surface area contributed by atoms with E-state index in [4.69, 9.17) is 4.74 Å². The lowest BCUT2D eigenvalue weighted by atomic mass is 10.3. The van der Waals surface area contributed by atoms with Gasteiger partial charge < -0.3 is 14.8 Å². The summed E-state index contributed by atoms with van der Waals surface area (Å²) in [5.41, 5.74) is 0.853. The number of benzene rings is 1. The van der Waals surface area contributed by atoms with Crippen molar-refractivity contribution in [2.45, 2.75) is 20.0 Å². The van der Waals surface area contributed by atoms with E-state index in [1.807, 2.05) is 0 Å². The molecule has 0 saturated heterocycles. The van der Waals surface area contributed by atoms with Crippen LogP contribution in [0.5, 0.6) is 5.75 Å². The second-order valence-electron chi connectivity index (χ2n) is 3.44. The van der Waals surface area contributed by atoms with Gasteiger partial charge in [-0.2, -0.15) is 8.78 Å². The van der Waals surface area contributed by atoms with E-state index in [0.29, 0.717) is 13.2 Å². The summed E-state index contributed by atoms with van der Waals surface area (Å²) in [7, 11) is 0. The first-order valence-electron chi connectivity index (χ1n) is 5.59. The minimum absolute atomic E-state index is 0.160. The van der Waals surface area contributed by atoms with E-state index in [9.17, 15) is 8.78 Å². The van der Waals surface area contributed by atoms with Crippen molar-refractivity contribution in [2.75, 3.05) is 25.1 Å². The third-order valence-electron chi connectivity index (χ3n) is 2.00. The zero-order valence-electron chi connectivity index (χ0n) is 9.79. The van der Waals surface area contributed by atoms with E-state index in [1.54, 1.807) is 12.1 Å². The van der Waals surface area contributed by atoms with Crippen molar-refractivity contribution >= 4 is 5.69 Å². The van der Waals surface area contributed by atoms with Crippen LogP contribution in [0.4, 0.5) is 14.5 Å². The highest BCUT2D eigenvalue weighted by Gasteiger charge is 2.03. The Morgan fingerprint density at radius 1 is 1.18 bits per heavy atom. The lowest BCUT2D eigenvalue weighted by Gasteiger charge is -2.08. The van der Waals surface area contributed by atoms with Crippen LogP contribution >= 0.6 is 0 Å². The number of rotatable bonds is 8. The zero-order valence-corrected chi connectivity index (χ0v) is 9.79. The fraction of sp³-hybridized carbons (Fsp3) is 0.500. The van der Waals surface area contributed by atoms with Gasteiger partial charge in [0.15, 0.2) is 0 Å². The van der Waals surface area contributed by atoms with E-state index in [1.165, 1.54) is 12.1 Å². The quantitative estimate of drug-likeness (QED) is 0.714. The van der Waals surface area contributed by atoms with Crippen LogP contribution in [-0.2, 0) is 4.74 Å². The maximum absolute atomic E-state index is 11.9. The molecule has 3 nitrogen and oxygen atoms in total. The summed E-state index contributed by atoms with van der Waals surface area (Å²) in [6.07, 6.45) is 1.000. The number of hydrogen-bond acceptors (Lipinski definition) is 3. The van der Waals surface area contributed by atoms with Gasteiger partial charge in [0.05, 0.1) is 6.61 Å². The van der Waals surface area contributed by atoms with Crippen LogP contribution in [0.2, 0.25) is 0 Å². The Labute approximate surface area is 99.7 Å². The largest absolute Gasteiger partial charge is 0.435 e. The summed E-state index contributed by atoms with van der Waals surface area (Å²) >= 11 is 0. The summed E-state index contributed by atoms with van der Waals surface area (Å²) in [5.74, 6) is 0.160. The van der Waals surface area contributed by atoms with Gasteiger partial charge in [-0.3, -0.25) is 0 Å². The molecule has 0 aliphatic rings. The number of nitrogens with one attached hydrogen (secondary N) is 1. The molecule has 1 aromatic rings. The van der Waals surface area contributed by atoms with Gasteiger partial charge in [0.1, 0.15) is 5.75 Å². The van der Waals surface area contributed by atoms with Gasteiger partial charge >= 0.3 is 6.61 Å². The molecule has 0 unspecified atom stereocenters. The number of anilines is 1. The average molecular weight is 245 g/mol. The predicted octanol–water partition coefficient (Wildman–Crippen LogP) is 3.13. The Hall–Kier alpha value is -1.36. The number of alkyl halides is 2. The minimum Gasteiger partial charge on any atom is -0.435 e. The van der Waals surface area contributed by atoms with Gasteiger partial charge in [0.2, 0.25) is 0 Å². The molecule has 0 aliphatic carbocycles. The molecule has 0 heterocycles. The van der Waals surface area contributed by atoms with Crippen molar-refractivity contribution in [3.05, 3.63) is 24.3 Å². The Kier molecular flexibility index (Phi) is 6.32. The number of halogens is 2. The monoisotopic (exact) mass is 245 g/mol. The molecule has 0 aromatic heterocycles. The molecule has 17 heavy (non-hydrogen) atoms. The summed E-state index contributed by atoms with van der Waals surface area (Å²) in [5, 5.41) is 3.12. The topological polar surface area (TPSA) is 30.5 Å². The van der Waals surface area contributed by atoms with Crippen LogP contribution in [0.15, 0.2) is 24.3 Å². The third kappa shape index (κ3) is 6.06. The second kappa shape index (κ2) is 7.84. The summed E-state index contributed by atoms with van der Waals surface area (Å²) in [6.45, 7) is 1.34. The smallest absolute Gasteiger partial charge is 0.387 e. The first kappa shape index (κ1) is 13.7. The predicted molar refractivity (Wildman–Crippen MR) is 62.7 cm³/mol. The molecular formula is C12H17F2NO2. The Morgan fingerprint density at radius 3 is 2.47 bits per heavy atom. The van der Waals surface area contributed by atoms with Gasteiger partial charge in [0, 0.05) is 18.8 Å². The van der Waals surface area contributed by atoms with Crippen LogP contribution < -0.4 is 10.1 Å². The van der Waals surface area contributed by atoms with Crippen molar-refractivity contribution in [1.82, 2.24) is 0 Å². The number of hydrogen-bond donors (Lipinski definition) is 1. The average Bonchev–Trinajstić information content (AvgIpc) is 2.30. The normalized spacial score (nSPS) is 10.6. The maximum Gasteiger partial charge on any atom is 0.387 e. The van der Waals surface area contributed by atoms with Crippen LogP contribution in [0.1, 0.15) is 13.3 Å². The molecule has 5 heteroatoms. The fourth-order valence-electron chi connectivity index (χ4n) is 1.27. The Morgan fingerprint density at radius 2 is 1.88 bits per heavy atom. The summed E-state index contributed by atoms with van der Waals surface area (Å²) in [4.78, 5) is 0. The van der Waals surface area contributed by atoms with Gasteiger partial charge in [-0.05, 0) is 30.7 Å². The minimum atomic E-state index is -2.78. The zero-order chi connectivity index (χ0) is 12.5. The van der Waals surface area contributed by atoms with E-state index in [2.05, 4.69) is 17.0 Å². The molecule has 1 aromatic carbocycles. The molecule has 0 aliphatic heterocycles. The molecule has 0 saturated carbocycles. The van der Waals surface area contributed by atoms with Gasteiger partial charge in [0.25, 0.3) is 0 Å². The third-order valence-corrected chi connectivity index (χ3v) is 2.00. The van der Waals surface area contributed by atoms with Crippen molar-refractivity contribution in [1.29, 1.82) is 0 Å². The van der Waals surface area contributed by atoms with E-state index >= 15 is 0 Å². The first-order valence-corrected chi connectivity index (χ1v) is 5.59.